The minimum absolute atomic E-state index is 0.144. The third kappa shape index (κ3) is 1.81. The van der Waals surface area contributed by atoms with Gasteiger partial charge in [-0.15, -0.1) is 0 Å². The molecule has 3 unspecified atom stereocenters. The monoisotopic (exact) mass is 175 g/mol. The first-order valence-corrected chi connectivity index (χ1v) is 4.03. The Morgan fingerprint density at radius 2 is 2.50 bits per heavy atom. The van der Waals surface area contributed by atoms with E-state index in [1.165, 1.54) is 13.1 Å². The number of alkyl halides is 1. The van der Waals surface area contributed by atoms with E-state index < -0.39 is 18.0 Å². The molecule has 1 saturated heterocycles. The number of aliphatic hydroxyl groups is 1. The van der Waals surface area contributed by atoms with Gasteiger partial charge in [0.25, 0.3) is 0 Å². The highest BCUT2D eigenvalue weighted by Gasteiger charge is 2.45. The zero-order valence-electron chi connectivity index (χ0n) is 7.33. The van der Waals surface area contributed by atoms with Crippen LogP contribution in [0.3, 0.4) is 0 Å². The fraction of sp³-hybridized carbons (Fsp3) is 0.875. The summed E-state index contributed by atoms with van der Waals surface area (Å²) >= 11 is 0. The van der Waals surface area contributed by atoms with Gasteiger partial charge in [0.1, 0.15) is 0 Å². The summed E-state index contributed by atoms with van der Waals surface area (Å²) in [6.45, 7) is 3.02. The van der Waals surface area contributed by atoms with Crippen LogP contribution in [0.2, 0.25) is 0 Å². The van der Waals surface area contributed by atoms with Crippen molar-refractivity contribution in [2.45, 2.75) is 38.3 Å². The quantitative estimate of drug-likeness (QED) is 0.634. The van der Waals surface area contributed by atoms with Gasteiger partial charge in [-0.05, 0) is 20.1 Å². The summed E-state index contributed by atoms with van der Waals surface area (Å²) in [6, 6.07) is 0. The van der Waals surface area contributed by atoms with E-state index in [0.717, 1.165) is 0 Å². The van der Waals surface area contributed by atoms with Crippen molar-refractivity contribution >= 4 is 6.21 Å². The van der Waals surface area contributed by atoms with Crippen LogP contribution in [0, 0.1) is 0 Å². The van der Waals surface area contributed by atoms with E-state index >= 15 is 0 Å². The molecule has 3 nitrogen and oxygen atoms in total. The van der Waals surface area contributed by atoms with Crippen molar-refractivity contribution in [2.75, 3.05) is 6.61 Å². The fourth-order valence-corrected chi connectivity index (χ4v) is 1.35. The lowest BCUT2D eigenvalue weighted by Crippen LogP contribution is -2.27. The van der Waals surface area contributed by atoms with Gasteiger partial charge >= 0.3 is 0 Å². The van der Waals surface area contributed by atoms with E-state index in [1.54, 1.807) is 6.92 Å². The molecule has 1 heterocycles. The zero-order chi connectivity index (χ0) is 9.19. The fourth-order valence-electron chi connectivity index (χ4n) is 1.35. The summed E-state index contributed by atoms with van der Waals surface area (Å²) in [6.07, 6.45) is 0.571. The summed E-state index contributed by atoms with van der Waals surface area (Å²) < 4.78 is 18.7. The average molecular weight is 175 g/mol. The third-order valence-corrected chi connectivity index (χ3v) is 1.95. The second-order valence-corrected chi connectivity index (χ2v) is 3.18. The molecule has 0 amide bonds. The lowest BCUT2D eigenvalue weighted by Gasteiger charge is -2.16. The molecule has 0 aromatic carbocycles. The molecule has 0 spiro atoms. The molecule has 0 bridgehead atoms. The summed E-state index contributed by atoms with van der Waals surface area (Å²) in [5.74, 6) is 0. The number of hydrogen-bond donors (Lipinski definition) is 1. The lowest BCUT2D eigenvalue weighted by atomic mass is 10.0. The Labute approximate surface area is 71.3 Å². The van der Waals surface area contributed by atoms with Crippen LogP contribution in [0.1, 0.15) is 20.3 Å². The third-order valence-electron chi connectivity index (χ3n) is 1.95. The molecule has 1 aliphatic heterocycles. The van der Waals surface area contributed by atoms with Gasteiger partial charge in [0.05, 0.1) is 12.7 Å². The summed E-state index contributed by atoms with van der Waals surface area (Å²) in [4.78, 5) is 3.84. The largest absolute Gasteiger partial charge is 0.394 e. The maximum absolute atomic E-state index is 13.5. The van der Waals surface area contributed by atoms with Gasteiger partial charge in [-0.25, -0.2) is 4.39 Å². The molecule has 70 valence electrons. The van der Waals surface area contributed by atoms with Crippen LogP contribution in [0.25, 0.3) is 0 Å². The number of rotatable bonds is 2. The topological polar surface area (TPSA) is 41.8 Å². The second kappa shape index (κ2) is 3.49. The van der Waals surface area contributed by atoms with Crippen LogP contribution in [-0.2, 0) is 4.74 Å². The summed E-state index contributed by atoms with van der Waals surface area (Å²) in [5, 5.41) is 8.74. The highest BCUT2D eigenvalue weighted by molar-refractivity contribution is 5.53. The van der Waals surface area contributed by atoms with Crippen molar-refractivity contribution in [3.63, 3.8) is 0 Å². The van der Waals surface area contributed by atoms with Gasteiger partial charge in [0.2, 0.25) is 0 Å². The van der Waals surface area contributed by atoms with Gasteiger partial charge in [-0.1, -0.05) is 0 Å². The molecule has 0 aliphatic carbocycles. The van der Waals surface area contributed by atoms with E-state index in [1.807, 2.05) is 0 Å². The zero-order valence-corrected chi connectivity index (χ0v) is 7.33. The first kappa shape index (κ1) is 9.61. The highest BCUT2D eigenvalue weighted by atomic mass is 19.1. The molecule has 4 heteroatoms. The standard InChI is InChI=1S/C8H14FNO2/c1-3-10-7-8(2,9)4-6(5-11)12-7/h3,6-7,11H,4-5H2,1-2H3. The number of halogens is 1. The molecular weight excluding hydrogens is 161 g/mol. The maximum Gasteiger partial charge on any atom is 0.181 e. The number of nitrogens with zero attached hydrogens (tertiary/aromatic N) is 1. The normalized spacial score (nSPS) is 42.7. The minimum atomic E-state index is -1.44. The Hall–Kier alpha value is -0.480. The van der Waals surface area contributed by atoms with Crippen LogP contribution >= 0.6 is 0 Å². The molecule has 1 fully saturated rings. The highest BCUT2D eigenvalue weighted by Crippen LogP contribution is 2.34. The second-order valence-electron chi connectivity index (χ2n) is 3.18. The first-order valence-electron chi connectivity index (χ1n) is 4.03. The van der Waals surface area contributed by atoms with Crippen molar-refractivity contribution < 1.29 is 14.2 Å². The van der Waals surface area contributed by atoms with Gasteiger partial charge in [0.15, 0.2) is 11.9 Å². The predicted molar refractivity (Wildman–Crippen MR) is 44.0 cm³/mol. The molecule has 12 heavy (non-hydrogen) atoms. The molecule has 1 N–H and O–H groups in total. The molecule has 1 rings (SSSR count). The molecule has 0 radical (unpaired) electrons. The van der Waals surface area contributed by atoms with Crippen LogP contribution in [-0.4, -0.2) is 35.9 Å². The lowest BCUT2D eigenvalue weighted by molar-refractivity contribution is -0.00921. The van der Waals surface area contributed by atoms with E-state index in [4.69, 9.17) is 9.84 Å². The number of ether oxygens (including phenoxy) is 1. The minimum Gasteiger partial charge on any atom is -0.394 e. The number of hydrogen-bond acceptors (Lipinski definition) is 3. The predicted octanol–water partition coefficient (Wildman–Crippen LogP) is 0.913. The number of aliphatic hydroxyl groups excluding tert-OH is 1. The van der Waals surface area contributed by atoms with Crippen molar-refractivity contribution in [2.24, 2.45) is 4.99 Å². The van der Waals surface area contributed by atoms with E-state index in [-0.39, 0.29) is 13.0 Å². The van der Waals surface area contributed by atoms with Gasteiger partial charge in [-0.3, -0.25) is 4.99 Å². The Kier molecular flexibility index (Phi) is 2.80. The molecular formula is C8H14FNO2. The SMILES string of the molecule is CC=NC1OC(CO)CC1(C)F. The van der Waals surface area contributed by atoms with Gasteiger partial charge < -0.3 is 9.84 Å². The van der Waals surface area contributed by atoms with Gasteiger partial charge in [0, 0.05) is 6.42 Å². The van der Waals surface area contributed by atoms with E-state index in [0.29, 0.717) is 0 Å². The smallest absolute Gasteiger partial charge is 0.181 e. The average Bonchev–Trinajstić information content (AvgIpc) is 2.28. The van der Waals surface area contributed by atoms with Crippen LogP contribution < -0.4 is 0 Å². The number of aliphatic imine (C=N–C) groups is 1. The van der Waals surface area contributed by atoms with E-state index in [9.17, 15) is 4.39 Å². The first-order chi connectivity index (χ1) is 5.60. The molecule has 3 atom stereocenters. The van der Waals surface area contributed by atoms with Crippen LogP contribution in [0.15, 0.2) is 4.99 Å². The Balaban J connectivity index is 2.63. The van der Waals surface area contributed by atoms with Gasteiger partial charge in [-0.2, -0.15) is 0 Å². The van der Waals surface area contributed by atoms with Crippen molar-refractivity contribution in [3.05, 3.63) is 0 Å². The van der Waals surface area contributed by atoms with Crippen LogP contribution in [0.5, 0.6) is 0 Å². The Bertz CT molecular complexity index is 182. The maximum atomic E-state index is 13.5. The Morgan fingerprint density at radius 3 is 2.92 bits per heavy atom. The van der Waals surface area contributed by atoms with Crippen molar-refractivity contribution in [1.82, 2.24) is 0 Å². The van der Waals surface area contributed by atoms with Crippen molar-refractivity contribution in [3.8, 4) is 0 Å². The molecule has 0 aromatic heterocycles. The molecule has 0 aromatic rings. The summed E-state index contributed by atoms with van der Waals surface area (Å²) in [7, 11) is 0. The van der Waals surface area contributed by atoms with Crippen molar-refractivity contribution in [1.29, 1.82) is 0 Å². The van der Waals surface area contributed by atoms with Crippen LogP contribution in [0.4, 0.5) is 4.39 Å². The molecule has 1 aliphatic rings. The van der Waals surface area contributed by atoms with E-state index in [2.05, 4.69) is 4.99 Å². The summed E-state index contributed by atoms with van der Waals surface area (Å²) in [5.41, 5.74) is -1.44. The Morgan fingerprint density at radius 1 is 1.83 bits per heavy atom. The molecule has 0 saturated carbocycles.